The third-order valence-corrected chi connectivity index (χ3v) is 3.10. The van der Waals surface area contributed by atoms with E-state index in [-0.39, 0.29) is 11.9 Å². The molecular formula is C12H19N7O. The lowest BCUT2D eigenvalue weighted by atomic mass is 10.2. The molecule has 0 atom stereocenters. The summed E-state index contributed by atoms with van der Waals surface area (Å²) in [5.41, 5.74) is 7.67. The van der Waals surface area contributed by atoms with Crippen molar-refractivity contribution in [3.8, 4) is 0 Å². The minimum atomic E-state index is -0.118. The first-order valence-corrected chi connectivity index (χ1v) is 6.51. The van der Waals surface area contributed by atoms with Gasteiger partial charge in [-0.25, -0.2) is 0 Å². The van der Waals surface area contributed by atoms with Gasteiger partial charge in [0.2, 0.25) is 5.95 Å². The Morgan fingerprint density at radius 2 is 2.20 bits per heavy atom. The predicted octanol–water partition coefficient (Wildman–Crippen LogP) is 0.193. The second-order valence-corrected chi connectivity index (χ2v) is 4.51. The molecule has 20 heavy (non-hydrogen) atoms. The number of aromatic nitrogens is 5. The van der Waals surface area contributed by atoms with Crippen LogP contribution in [0.15, 0.2) is 0 Å². The van der Waals surface area contributed by atoms with Gasteiger partial charge in [0, 0.05) is 25.2 Å². The van der Waals surface area contributed by atoms with Crippen LogP contribution in [0.5, 0.6) is 0 Å². The zero-order valence-corrected chi connectivity index (χ0v) is 11.9. The Morgan fingerprint density at radius 3 is 2.75 bits per heavy atom. The van der Waals surface area contributed by atoms with Gasteiger partial charge >= 0.3 is 0 Å². The number of amides is 1. The van der Waals surface area contributed by atoms with Gasteiger partial charge in [0.25, 0.3) is 5.91 Å². The quantitative estimate of drug-likeness (QED) is 0.722. The molecule has 2 aromatic rings. The number of hydrogen-bond acceptors (Lipinski definition) is 5. The molecule has 0 unspecified atom stereocenters. The number of anilines is 1. The van der Waals surface area contributed by atoms with Crippen LogP contribution in [-0.4, -0.2) is 37.4 Å². The number of H-pyrrole nitrogens is 1. The fourth-order valence-electron chi connectivity index (χ4n) is 2.14. The molecule has 2 rings (SSSR count). The Hall–Kier alpha value is -2.38. The van der Waals surface area contributed by atoms with E-state index in [1.165, 1.54) is 0 Å². The maximum atomic E-state index is 12.2. The second-order valence-electron chi connectivity index (χ2n) is 4.51. The van der Waals surface area contributed by atoms with Crippen molar-refractivity contribution in [1.29, 1.82) is 0 Å². The van der Waals surface area contributed by atoms with E-state index in [0.717, 1.165) is 17.9 Å². The van der Waals surface area contributed by atoms with Crippen LogP contribution in [0.1, 0.15) is 34.5 Å². The van der Waals surface area contributed by atoms with Gasteiger partial charge in [-0.15, -0.1) is 5.10 Å². The van der Waals surface area contributed by atoms with Gasteiger partial charge in [0.1, 0.15) is 5.82 Å². The molecule has 0 radical (unpaired) electrons. The highest BCUT2D eigenvalue weighted by molar-refractivity contribution is 5.96. The van der Waals surface area contributed by atoms with Crippen LogP contribution < -0.4 is 11.1 Å². The molecule has 1 amide bonds. The molecule has 0 saturated carbocycles. The van der Waals surface area contributed by atoms with Crippen LogP contribution in [0.3, 0.4) is 0 Å². The molecule has 0 fully saturated rings. The predicted molar refractivity (Wildman–Crippen MR) is 74.2 cm³/mol. The molecule has 2 heterocycles. The Balaban J connectivity index is 1.97. The first-order valence-electron chi connectivity index (χ1n) is 6.51. The van der Waals surface area contributed by atoms with Gasteiger partial charge in [-0.2, -0.15) is 10.1 Å². The molecule has 108 valence electrons. The van der Waals surface area contributed by atoms with Gasteiger partial charge in [-0.1, -0.05) is 0 Å². The highest BCUT2D eigenvalue weighted by Gasteiger charge is 2.17. The van der Waals surface area contributed by atoms with E-state index in [9.17, 15) is 4.79 Å². The molecule has 8 nitrogen and oxygen atoms in total. The first-order chi connectivity index (χ1) is 9.52. The normalized spacial score (nSPS) is 10.8. The van der Waals surface area contributed by atoms with Crippen LogP contribution in [0.2, 0.25) is 0 Å². The second kappa shape index (κ2) is 5.72. The minimum Gasteiger partial charge on any atom is -0.367 e. The third kappa shape index (κ3) is 2.79. The van der Waals surface area contributed by atoms with Gasteiger partial charge in [-0.3, -0.25) is 14.6 Å². The molecule has 4 N–H and O–H groups in total. The van der Waals surface area contributed by atoms with E-state index in [1.54, 1.807) is 0 Å². The van der Waals surface area contributed by atoms with Gasteiger partial charge in [0.05, 0.1) is 11.3 Å². The van der Waals surface area contributed by atoms with Crippen molar-refractivity contribution in [2.24, 2.45) is 0 Å². The SMILES string of the molecule is CCn1nc(C)c(C(=O)NCCc2nc(N)n[nH]2)c1C. The van der Waals surface area contributed by atoms with Crippen molar-refractivity contribution >= 4 is 11.9 Å². The summed E-state index contributed by atoms with van der Waals surface area (Å²) in [7, 11) is 0. The number of hydrogen-bond donors (Lipinski definition) is 3. The lowest BCUT2D eigenvalue weighted by molar-refractivity contribution is 0.0952. The lowest BCUT2D eigenvalue weighted by Crippen LogP contribution is -2.27. The van der Waals surface area contributed by atoms with Gasteiger partial charge in [-0.05, 0) is 20.8 Å². The van der Waals surface area contributed by atoms with Crippen molar-refractivity contribution in [1.82, 2.24) is 30.3 Å². The zero-order valence-electron chi connectivity index (χ0n) is 11.9. The fourth-order valence-corrected chi connectivity index (χ4v) is 2.14. The molecule has 2 aromatic heterocycles. The Labute approximate surface area is 116 Å². The average Bonchev–Trinajstić information content (AvgIpc) is 2.93. The molecular weight excluding hydrogens is 258 g/mol. The maximum absolute atomic E-state index is 12.2. The summed E-state index contributed by atoms with van der Waals surface area (Å²) >= 11 is 0. The topological polar surface area (TPSA) is 115 Å². The number of nitrogen functional groups attached to an aromatic ring is 1. The van der Waals surface area contributed by atoms with E-state index in [2.05, 4.69) is 25.6 Å². The fraction of sp³-hybridized carbons (Fsp3) is 0.500. The van der Waals surface area contributed by atoms with E-state index >= 15 is 0 Å². The Morgan fingerprint density at radius 1 is 1.45 bits per heavy atom. The number of nitrogens with one attached hydrogen (secondary N) is 2. The summed E-state index contributed by atoms with van der Waals surface area (Å²) in [5.74, 6) is 0.745. The number of nitrogens with zero attached hydrogens (tertiary/aromatic N) is 4. The summed E-state index contributed by atoms with van der Waals surface area (Å²) in [5, 5.41) is 13.6. The molecule has 8 heteroatoms. The molecule has 0 aliphatic rings. The van der Waals surface area contributed by atoms with Crippen molar-refractivity contribution in [3.63, 3.8) is 0 Å². The molecule has 0 aromatic carbocycles. The standard InChI is InChI=1S/C12H19N7O/c1-4-19-8(3)10(7(2)18-19)11(20)14-6-5-9-15-12(13)17-16-9/h4-6H2,1-3H3,(H,14,20)(H3,13,15,16,17). The van der Waals surface area contributed by atoms with E-state index < -0.39 is 0 Å². The summed E-state index contributed by atoms with van der Waals surface area (Å²) in [6, 6.07) is 0. The summed E-state index contributed by atoms with van der Waals surface area (Å²) < 4.78 is 1.82. The first kappa shape index (κ1) is 14.0. The van der Waals surface area contributed by atoms with Gasteiger partial charge in [0.15, 0.2) is 0 Å². The van der Waals surface area contributed by atoms with Crippen molar-refractivity contribution in [3.05, 3.63) is 22.8 Å². The molecule has 0 saturated heterocycles. The third-order valence-electron chi connectivity index (χ3n) is 3.10. The number of rotatable bonds is 5. The van der Waals surface area contributed by atoms with Crippen molar-refractivity contribution in [2.75, 3.05) is 12.3 Å². The van der Waals surface area contributed by atoms with Crippen LogP contribution in [0.25, 0.3) is 0 Å². The number of aromatic amines is 1. The average molecular weight is 277 g/mol. The van der Waals surface area contributed by atoms with Crippen molar-refractivity contribution < 1.29 is 4.79 Å². The Bertz CT molecular complexity index is 613. The molecule has 0 spiro atoms. The monoisotopic (exact) mass is 277 g/mol. The van der Waals surface area contributed by atoms with Crippen LogP contribution in [0, 0.1) is 13.8 Å². The van der Waals surface area contributed by atoms with E-state index in [0.29, 0.717) is 24.4 Å². The smallest absolute Gasteiger partial charge is 0.255 e. The highest BCUT2D eigenvalue weighted by Crippen LogP contribution is 2.12. The Kier molecular flexibility index (Phi) is 4.02. The molecule has 0 aliphatic carbocycles. The molecule has 0 aliphatic heterocycles. The van der Waals surface area contributed by atoms with Crippen LogP contribution >= 0.6 is 0 Å². The lowest BCUT2D eigenvalue weighted by Gasteiger charge is -2.04. The summed E-state index contributed by atoms with van der Waals surface area (Å²) in [6.45, 7) is 6.94. The summed E-state index contributed by atoms with van der Waals surface area (Å²) in [4.78, 5) is 16.2. The maximum Gasteiger partial charge on any atom is 0.255 e. The largest absolute Gasteiger partial charge is 0.367 e. The number of nitrogens with two attached hydrogens (primary N) is 1. The van der Waals surface area contributed by atoms with Gasteiger partial charge < -0.3 is 11.1 Å². The van der Waals surface area contributed by atoms with Crippen LogP contribution in [-0.2, 0) is 13.0 Å². The zero-order chi connectivity index (χ0) is 14.7. The van der Waals surface area contributed by atoms with Crippen LogP contribution in [0.4, 0.5) is 5.95 Å². The summed E-state index contributed by atoms with van der Waals surface area (Å²) in [6.07, 6.45) is 0.552. The van der Waals surface area contributed by atoms with E-state index in [1.807, 2.05) is 25.5 Å². The minimum absolute atomic E-state index is 0.118. The van der Waals surface area contributed by atoms with Crippen molar-refractivity contribution in [2.45, 2.75) is 33.7 Å². The number of carbonyl (C=O) groups is 1. The van der Waals surface area contributed by atoms with E-state index in [4.69, 9.17) is 5.73 Å². The number of carbonyl (C=O) groups excluding carboxylic acids is 1. The molecule has 0 bridgehead atoms. The highest BCUT2D eigenvalue weighted by atomic mass is 16.1. The number of aryl methyl sites for hydroxylation is 2.